The molecule has 0 aliphatic rings. The highest BCUT2D eigenvalue weighted by molar-refractivity contribution is 5.28. The topological polar surface area (TPSA) is 47.7 Å². The Morgan fingerprint density at radius 1 is 1.20 bits per heavy atom. The van der Waals surface area contributed by atoms with Gasteiger partial charge in [-0.2, -0.15) is 0 Å². The third-order valence-electron chi connectivity index (χ3n) is 3.89. The van der Waals surface area contributed by atoms with Crippen LogP contribution in [0.1, 0.15) is 19.4 Å². The van der Waals surface area contributed by atoms with Crippen molar-refractivity contribution in [2.45, 2.75) is 25.8 Å². The van der Waals surface area contributed by atoms with Crippen LogP contribution < -0.4 is 10.5 Å². The SMILES string of the molecule is CCN(CCOC)C(C)(CN)Cc1ccc(OC)cc1. The highest BCUT2D eigenvalue weighted by atomic mass is 16.5. The predicted octanol–water partition coefficient (Wildman–Crippen LogP) is 1.92. The van der Waals surface area contributed by atoms with Crippen molar-refractivity contribution in [3.63, 3.8) is 0 Å². The summed E-state index contributed by atoms with van der Waals surface area (Å²) in [6.07, 6.45) is 0.922. The molecule has 20 heavy (non-hydrogen) atoms. The lowest BCUT2D eigenvalue weighted by molar-refractivity contribution is 0.0754. The van der Waals surface area contributed by atoms with Crippen molar-refractivity contribution in [3.8, 4) is 5.75 Å². The summed E-state index contributed by atoms with van der Waals surface area (Å²) in [5, 5.41) is 0. The first-order valence-electron chi connectivity index (χ1n) is 7.16. The Labute approximate surface area is 122 Å². The average Bonchev–Trinajstić information content (AvgIpc) is 2.48. The fourth-order valence-electron chi connectivity index (χ4n) is 2.51. The normalized spacial score (nSPS) is 14.3. The van der Waals surface area contributed by atoms with Gasteiger partial charge in [0.1, 0.15) is 5.75 Å². The maximum Gasteiger partial charge on any atom is 0.118 e. The van der Waals surface area contributed by atoms with Gasteiger partial charge in [0.05, 0.1) is 13.7 Å². The Hall–Kier alpha value is -1.10. The van der Waals surface area contributed by atoms with Gasteiger partial charge >= 0.3 is 0 Å². The van der Waals surface area contributed by atoms with E-state index >= 15 is 0 Å². The van der Waals surface area contributed by atoms with Crippen molar-refractivity contribution >= 4 is 0 Å². The van der Waals surface area contributed by atoms with Crippen molar-refractivity contribution in [1.29, 1.82) is 0 Å². The molecular formula is C16H28N2O2. The van der Waals surface area contributed by atoms with Gasteiger partial charge in [0, 0.05) is 25.7 Å². The highest BCUT2D eigenvalue weighted by Gasteiger charge is 2.29. The summed E-state index contributed by atoms with van der Waals surface area (Å²) >= 11 is 0. The molecule has 4 heteroatoms. The van der Waals surface area contributed by atoms with Gasteiger partial charge in [-0.25, -0.2) is 0 Å². The van der Waals surface area contributed by atoms with E-state index in [2.05, 4.69) is 30.9 Å². The van der Waals surface area contributed by atoms with Gasteiger partial charge in [0.15, 0.2) is 0 Å². The number of hydrogen-bond acceptors (Lipinski definition) is 4. The molecule has 1 aromatic carbocycles. The van der Waals surface area contributed by atoms with Crippen molar-refractivity contribution < 1.29 is 9.47 Å². The van der Waals surface area contributed by atoms with E-state index < -0.39 is 0 Å². The second-order valence-corrected chi connectivity index (χ2v) is 5.30. The lowest BCUT2D eigenvalue weighted by atomic mass is 9.90. The highest BCUT2D eigenvalue weighted by Crippen LogP contribution is 2.21. The molecule has 1 aromatic rings. The molecule has 0 spiro atoms. The van der Waals surface area contributed by atoms with Crippen molar-refractivity contribution in [2.24, 2.45) is 5.73 Å². The number of nitrogens with zero attached hydrogens (tertiary/aromatic N) is 1. The average molecular weight is 280 g/mol. The van der Waals surface area contributed by atoms with Crippen molar-refractivity contribution in [2.75, 3.05) is 40.5 Å². The first kappa shape index (κ1) is 17.0. The molecule has 0 saturated carbocycles. The molecule has 4 nitrogen and oxygen atoms in total. The Balaban J connectivity index is 2.80. The van der Waals surface area contributed by atoms with Gasteiger partial charge in [-0.15, -0.1) is 0 Å². The van der Waals surface area contributed by atoms with E-state index in [1.54, 1.807) is 14.2 Å². The third-order valence-corrected chi connectivity index (χ3v) is 3.89. The van der Waals surface area contributed by atoms with E-state index in [-0.39, 0.29) is 5.54 Å². The smallest absolute Gasteiger partial charge is 0.118 e. The summed E-state index contributed by atoms with van der Waals surface area (Å²) in [4.78, 5) is 2.39. The number of hydrogen-bond donors (Lipinski definition) is 1. The first-order valence-corrected chi connectivity index (χ1v) is 7.16. The Bertz CT molecular complexity index is 381. The fourth-order valence-corrected chi connectivity index (χ4v) is 2.51. The Morgan fingerprint density at radius 2 is 1.85 bits per heavy atom. The standard InChI is InChI=1S/C16H28N2O2/c1-5-18(10-11-19-3)16(2,13-17)12-14-6-8-15(20-4)9-7-14/h6-9H,5,10-13,17H2,1-4H3. The van der Waals surface area contributed by atoms with Crippen molar-refractivity contribution in [3.05, 3.63) is 29.8 Å². The maximum atomic E-state index is 6.05. The van der Waals surface area contributed by atoms with Gasteiger partial charge < -0.3 is 15.2 Å². The molecule has 1 atom stereocenters. The van der Waals surface area contributed by atoms with E-state index in [0.29, 0.717) is 6.54 Å². The second kappa shape index (κ2) is 8.25. The molecule has 0 aliphatic carbocycles. The minimum absolute atomic E-state index is 0.0537. The second-order valence-electron chi connectivity index (χ2n) is 5.30. The van der Waals surface area contributed by atoms with Crippen LogP contribution in [0.2, 0.25) is 0 Å². The molecule has 0 aromatic heterocycles. The minimum atomic E-state index is -0.0537. The summed E-state index contributed by atoms with van der Waals surface area (Å²) in [5.74, 6) is 0.884. The number of methoxy groups -OCH3 is 2. The number of likely N-dealkylation sites (N-methyl/N-ethyl adjacent to an activating group) is 1. The van der Waals surface area contributed by atoms with Crippen LogP contribution in [0.5, 0.6) is 5.75 Å². The predicted molar refractivity (Wildman–Crippen MR) is 83.3 cm³/mol. The van der Waals surface area contributed by atoms with Gasteiger partial charge in [0.2, 0.25) is 0 Å². The molecule has 2 N–H and O–H groups in total. The Kier molecular flexibility index (Phi) is 6.99. The van der Waals surface area contributed by atoms with Crippen LogP contribution in [-0.2, 0) is 11.2 Å². The largest absolute Gasteiger partial charge is 0.497 e. The molecule has 0 saturated heterocycles. The summed E-state index contributed by atoms with van der Waals surface area (Å²) in [6.45, 7) is 7.60. The molecule has 1 unspecified atom stereocenters. The van der Waals surface area contributed by atoms with Crippen LogP contribution in [0.15, 0.2) is 24.3 Å². The van der Waals surface area contributed by atoms with Crippen LogP contribution >= 0.6 is 0 Å². The summed E-state index contributed by atoms with van der Waals surface area (Å²) in [6, 6.07) is 8.21. The monoisotopic (exact) mass is 280 g/mol. The quantitative estimate of drug-likeness (QED) is 0.751. The van der Waals surface area contributed by atoms with Gasteiger partial charge in [0.25, 0.3) is 0 Å². The summed E-state index contributed by atoms with van der Waals surface area (Å²) in [7, 11) is 3.42. The van der Waals surface area contributed by atoms with E-state index in [4.69, 9.17) is 15.2 Å². The first-order chi connectivity index (χ1) is 9.59. The molecule has 0 bridgehead atoms. The van der Waals surface area contributed by atoms with E-state index in [1.165, 1.54) is 5.56 Å². The van der Waals surface area contributed by atoms with Crippen molar-refractivity contribution in [1.82, 2.24) is 4.90 Å². The summed E-state index contributed by atoms with van der Waals surface area (Å²) in [5.41, 5.74) is 7.27. The van der Waals surface area contributed by atoms with Crippen LogP contribution in [0.25, 0.3) is 0 Å². The summed E-state index contributed by atoms with van der Waals surface area (Å²) < 4.78 is 10.4. The molecule has 114 valence electrons. The molecule has 1 rings (SSSR count). The zero-order valence-electron chi connectivity index (χ0n) is 13.2. The lowest BCUT2D eigenvalue weighted by Crippen LogP contribution is -2.54. The number of benzene rings is 1. The van der Waals surface area contributed by atoms with Gasteiger partial charge in [-0.05, 0) is 37.6 Å². The molecular weight excluding hydrogens is 252 g/mol. The van der Waals surface area contributed by atoms with Crippen LogP contribution in [-0.4, -0.2) is 50.9 Å². The fraction of sp³-hybridized carbons (Fsp3) is 0.625. The van der Waals surface area contributed by atoms with Crippen LogP contribution in [0, 0.1) is 0 Å². The van der Waals surface area contributed by atoms with Gasteiger partial charge in [-0.3, -0.25) is 4.90 Å². The van der Waals surface area contributed by atoms with E-state index in [0.717, 1.165) is 31.9 Å². The molecule has 0 amide bonds. The minimum Gasteiger partial charge on any atom is -0.497 e. The van der Waals surface area contributed by atoms with Gasteiger partial charge in [-0.1, -0.05) is 19.1 Å². The third kappa shape index (κ3) is 4.47. The van der Waals surface area contributed by atoms with E-state index in [9.17, 15) is 0 Å². The zero-order valence-corrected chi connectivity index (χ0v) is 13.2. The molecule has 0 radical (unpaired) electrons. The molecule has 0 aliphatic heterocycles. The maximum absolute atomic E-state index is 6.05. The Morgan fingerprint density at radius 3 is 2.30 bits per heavy atom. The number of ether oxygens (including phenoxy) is 2. The number of rotatable bonds is 9. The van der Waals surface area contributed by atoms with Crippen LogP contribution in [0.3, 0.4) is 0 Å². The molecule has 0 heterocycles. The van der Waals surface area contributed by atoms with Crippen LogP contribution in [0.4, 0.5) is 0 Å². The van der Waals surface area contributed by atoms with E-state index in [1.807, 2.05) is 12.1 Å². The number of nitrogens with two attached hydrogens (primary N) is 1. The molecule has 0 fully saturated rings. The zero-order chi connectivity index (χ0) is 15.0. The lowest BCUT2D eigenvalue weighted by Gasteiger charge is -2.40.